The quantitative estimate of drug-likeness (QED) is 0.356. The second kappa shape index (κ2) is 13.1. The summed E-state index contributed by atoms with van der Waals surface area (Å²) in [5, 5.41) is 3.13. The number of likely N-dealkylation sites (tertiary alicyclic amines) is 2. The van der Waals surface area contributed by atoms with Crippen molar-refractivity contribution in [1.29, 1.82) is 0 Å². The van der Waals surface area contributed by atoms with Crippen LogP contribution in [-0.2, 0) is 12.8 Å². The predicted molar refractivity (Wildman–Crippen MR) is 155 cm³/mol. The summed E-state index contributed by atoms with van der Waals surface area (Å²) in [7, 11) is 1.64. The van der Waals surface area contributed by atoms with Gasteiger partial charge < -0.3 is 19.9 Å². The molecule has 5 rings (SSSR count). The lowest BCUT2D eigenvalue weighted by molar-refractivity contribution is 0.0791. The van der Waals surface area contributed by atoms with E-state index in [9.17, 15) is 9.18 Å². The Morgan fingerprint density at radius 3 is 2.38 bits per heavy atom. The van der Waals surface area contributed by atoms with Crippen LogP contribution in [0.25, 0.3) is 0 Å². The number of piperidine rings is 2. The zero-order valence-corrected chi connectivity index (χ0v) is 22.9. The molecule has 2 saturated heterocycles. The molecule has 2 amide bonds. The molecule has 0 saturated carbocycles. The maximum absolute atomic E-state index is 13.6. The number of amides is 2. The average Bonchev–Trinajstić information content (AvgIpc) is 2.97. The number of urea groups is 1. The van der Waals surface area contributed by atoms with Crippen LogP contribution in [0.5, 0.6) is 5.75 Å². The van der Waals surface area contributed by atoms with Crippen LogP contribution < -0.4 is 10.1 Å². The van der Waals surface area contributed by atoms with Gasteiger partial charge in [-0.2, -0.15) is 0 Å². The van der Waals surface area contributed by atoms with Gasteiger partial charge in [0.15, 0.2) is 0 Å². The van der Waals surface area contributed by atoms with E-state index in [1.807, 2.05) is 42.5 Å². The van der Waals surface area contributed by atoms with E-state index in [0.29, 0.717) is 11.8 Å². The van der Waals surface area contributed by atoms with Crippen LogP contribution in [0.4, 0.5) is 14.9 Å². The average molecular weight is 530 g/mol. The molecule has 0 bridgehead atoms. The molecule has 6 heteroatoms. The van der Waals surface area contributed by atoms with E-state index < -0.39 is 0 Å². The van der Waals surface area contributed by atoms with Crippen LogP contribution in [0.1, 0.15) is 36.8 Å². The molecule has 1 N–H and O–H groups in total. The number of nitrogens with one attached hydrogen (secondary N) is 1. The minimum absolute atomic E-state index is 0.0353. The fourth-order valence-corrected chi connectivity index (χ4v) is 6.29. The van der Waals surface area contributed by atoms with E-state index >= 15 is 0 Å². The monoisotopic (exact) mass is 529 g/mol. The zero-order chi connectivity index (χ0) is 27.0. The molecule has 2 fully saturated rings. The lowest BCUT2D eigenvalue weighted by Gasteiger charge is -2.44. The molecule has 5 nitrogen and oxygen atoms in total. The van der Waals surface area contributed by atoms with Crippen LogP contribution >= 0.6 is 0 Å². The minimum Gasteiger partial charge on any atom is -0.497 e. The zero-order valence-electron chi connectivity index (χ0n) is 22.9. The van der Waals surface area contributed by atoms with Gasteiger partial charge in [0.2, 0.25) is 0 Å². The van der Waals surface area contributed by atoms with Crippen LogP contribution in [0, 0.1) is 17.7 Å². The Hall–Kier alpha value is -3.38. The van der Waals surface area contributed by atoms with E-state index in [0.717, 1.165) is 76.1 Å². The lowest BCUT2D eigenvalue weighted by Crippen LogP contribution is -2.54. The molecule has 3 aromatic carbocycles. The van der Waals surface area contributed by atoms with Crippen molar-refractivity contribution >= 4 is 11.7 Å². The molecular formula is C33H40FN3O2. The van der Waals surface area contributed by atoms with Gasteiger partial charge in [-0.25, -0.2) is 9.18 Å². The number of anilines is 1. The second-order valence-corrected chi connectivity index (χ2v) is 11.1. The van der Waals surface area contributed by atoms with Gasteiger partial charge in [-0.3, -0.25) is 0 Å². The summed E-state index contributed by atoms with van der Waals surface area (Å²) in [6, 6.07) is 25.2. The van der Waals surface area contributed by atoms with Gasteiger partial charge in [0.25, 0.3) is 0 Å². The Morgan fingerprint density at radius 1 is 0.897 bits per heavy atom. The second-order valence-electron chi connectivity index (χ2n) is 11.1. The summed E-state index contributed by atoms with van der Waals surface area (Å²) >= 11 is 0. The maximum Gasteiger partial charge on any atom is 0.322 e. The first-order valence-electron chi connectivity index (χ1n) is 14.3. The number of halogens is 1. The van der Waals surface area contributed by atoms with Crippen molar-refractivity contribution in [2.75, 3.05) is 38.6 Å². The number of hydrogen-bond acceptors (Lipinski definition) is 3. The Bertz CT molecular complexity index is 1200. The molecule has 0 aliphatic carbocycles. The van der Waals surface area contributed by atoms with Gasteiger partial charge in [-0.15, -0.1) is 0 Å². The number of methoxy groups -OCH3 is 1. The number of rotatable bonds is 8. The van der Waals surface area contributed by atoms with Crippen LogP contribution in [-0.4, -0.2) is 55.2 Å². The highest BCUT2D eigenvalue weighted by atomic mass is 19.1. The largest absolute Gasteiger partial charge is 0.497 e. The van der Waals surface area contributed by atoms with E-state index in [1.165, 1.54) is 11.1 Å². The van der Waals surface area contributed by atoms with Gasteiger partial charge in [-0.1, -0.05) is 48.5 Å². The smallest absolute Gasteiger partial charge is 0.322 e. The topological polar surface area (TPSA) is 44.8 Å². The molecule has 0 radical (unpaired) electrons. The van der Waals surface area contributed by atoms with Gasteiger partial charge in [-0.05, 0) is 98.8 Å². The highest BCUT2D eigenvalue weighted by Crippen LogP contribution is 2.31. The molecular weight excluding hydrogens is 489 g/mol. The first-order valence-corrected chi connectivity index (χ1v) is 14.3. The van der Waals surface area contributed by atoms with E-state index in [2.05, 4.69) is 39.4 Å². The van der Waals surface area contributed by atoms with Crippen molar-refractivity contribution in [3.05, 3.63) is 95.8 Å². The van der Waals surface area contributed by atoms with Gasteiger partial charge in [0, 0.05) is 30.9 Å². The SMILES string of the molecule is COc1cccc(NC(=O)N2CCC[C@@H](CN3CCC(Cc4ccc(F)cc4)CC3)[C@H]2Cc2ccccc2)c1. The van der Waals surface area contributed by atoms with Gasteiger partial charge in [0.1, 0.15) is 11.6 Å². The molecule has 2 heterocycles. The summed E-state index contributed by atoms with van der Waals surface area (Å²) in [6.45, 7) is 3.94. The number of ether oxygens (including phenoxy) is 1. The van der Waals surface area contributed by atoms with Crippen molar-refractivity contribution in [2.45, 2.75) is 44.6 Å². The molecule has 3 aromatic rings. The van der Waals surface area contributed by atoms with Crippen LogP contribution in [0.2, 0.25) is 0 Å². The molecule has 2 atom stereocenters. The fraction of sp³-hybridized carbons (Fsp3) is 0.424. The molecule has 2 aliphatic heterocycles. The fourth-order valence-electron chi connectivity index (χ4n) is 6.29. The van der Waals surface area contributed by atoms with E-state index in [-0.39, 0.29) is 17.9 Å². The molecule has 0 aromatic heterocycles. The molecule has 0 unspecified atom stereocenters. The molecule has 39 heavy (non-hydrogen) atoms. The Kier molecular flexibility index (Phi) is 9.15. The summed E-state index contributed by atoms with van der Waals surface area (Å²) in [6.07, 6.45) is 6.35. The number of carbonyl (C=O) groups is 1. The minimum atomic E-state index is -0.169. The van der Waals surface area contributed by atoms with Gasteiger partial charge >= 0.3 is 6.03 Å². The predicted octanol–water partition coefficient (Wildman–Crippen LogP) is 6.64. The molecule has 2 aliphatic rings. The van der Waals surface area contributed by atoms with Gasteiger partial charge in [0.05, 0.1) is 7.11 Å². The lowest BCUT2D eigenvalue weighted by atomic mass is 9.83. The Labute approximate surface area is 232 Å². The highest BCUT2D eigenvalue weighted by molar-refractivity contribution is 5.89. The third kappa shape index (κ3) is 7.39. The number of hydrogen-bond donors (Lipinski definition) is 1. The van der Waals surface area contributed by atoms with E-state index in [4.69, 9.17) is 4.74 Å². The third-order valence-corrected chi connectivity index (χ3v) is 8.43. The third-order valence-electron chi connectivity index (χ3n) is 8.43. The van der Waals surface area contributed by atoms with Crippen molar-refractivity contribution in [2.24, 2.45) is 11.8 Å². The molecule has 206 valence electrons. The number of nitrogens with zero attached hydrogens (tertiary/aromatic N) is 2. The summed E-state index contributed by atoms with van der Waals surface area (Å²) in [5.41, 5.74) is 3.25. The van der Waals surface area contributed by atoms with Crippen molar-refractivity contribution in [3.8, 4) is 5.75 Å². The first-order chi connectivity index (χ1) is 19.1. The number of carbonyl (C=O) groups excluding carboxylic acids is 1. The summed E-state index contributed by atoms with van der Waals surface area (Å²) in [4.78, 5) is 18.3. The maximum atomic E-state index is 13.6. The Balaban J connectivity index is 1.24. The Morgan fingerprint density at radius 2 is 1.64 bits per heavy atom. The van der Waals surface area contributed by atoms with Crippen molar-refractivity contribution in [3.63, 3.8) is 0 Å². The first kappa shape index (κ1) is 27.2. The standard InChI is InChI=1S/C33H40FN3O2/c1-39-31-11-5-10-30(23-31)35-33(38)37-18-6-9-28(32(37)22-25-7-3-2-4-8-25)24-36-19-16-27(17-20-36)21-26-12-14-29(34)15-13-26/h2-5,7-8,10-15,23,27-28,32H,6,9,16-22,24H2,1H3,(H,35,38)/t28-,32+/m0/s1. The van der Waals surface area contributed by atoms with Crippen LogP contribution in [0.3, 0.4) is 0 Å². The highest BCUT2D eigenvalue weighted by Gasteiger charge is 2.36. The summed E-state index contributed by atoms with van der Waals surface area (Å²) < 4.78 is 18.6. The van der Waals surface area contributed by atoms with E-state index in [1.54, 1.807) is 19.2 Å². The number of benzene rings is 3. The molecule has 0 spiro atoms. The normalized spacial score (nSPS) is 20.5. The summed E-state index contributed by atoms with van der Waals surface area (Å²) in [5.74, 6) is 1.62. The van der Waals surface area contributed by atoms with Crippen LogP contribution in [0.15, 0.2) is 78.9 Å². The van der Waals surface area contributed by atoms with Crippen molar-refractivity contribution in [1.82, 2.24) is 9.80 Å². The van der Waals surface area contributed by atoms with Crippen molar-refractivity contribution < 1.29 is 13.9 Å².